The van der Waals surface area contributed by atoms with E-state index in [1.165, 1.54) is 50.5 Å². The maximum atomic E-state index is 13.4. The number of carbonyl (C=O) groups excluding carboxylic acids is 2. The molecule has 184 valence electrons. The Morgan fingerprint density at radius 2 is 1.73 bits per heavy atom. The first kappa shape index (κ1) is 23.6. The van der Waals surface area contributed by atoms with Gasteiger partial charge in [-0.15, -0.1) is 0 Å². The zero-order chi connectivity index (χ0) is 23.3. The predicted octanol–water partition coefficient (Wildman–Crippen LogP) is 7.57. The summed E-state index contributed by atoms with van der Waals surface area (Å²) in [6.45, 7) is 7.23. The number of fused-ring (bicyclic) bond motifs is 5. The quantitative estimate of drug-likeness (QED) is 0.402. The van der Waals surface area contributed by atoms with Crippen LogP contribution in [-0.4, -0.2) is 17.4 Å². The molecule has 6 atom stereocenters. The number of carbonyl (C=O) groups is 2. The fourth-order valence-corrected chi connectivity index (χ4v) is 9.36. The molecule has 0 unspecified atom stereocenters. The number of hydrogen-bond donors (Lipinski definition) is 0. The van der Waals surface area contributed by atoms with E-state index in [4.69, 9.17) is 4.74 Å². The SMILES string of the molecule is CCCC[C@]1(OC(=O)C2CCCCC2)CC[C@H]2[C@@H]3CCC4=CC(=O)CC[C@]4(C)[C@H]3CC[C@@]21C. The molecule has 0 radical (unpaired) electrons. The average Bonchev–Trinajstić information content (AvgIpc) is 3.11. The summed E-state index contributed by atoms with van der Waals surface area (Å²) in [5, 5.41) is 0. The Kier molecular flexibility index (Phi) is 6.32. The van der Waals surface area contributed by atoms with Gasteiger partial charge in [0.1, 0.15) is 5.60 Å². The van der Waals surface area contributed by atoms with Crippen LogP contribution in [-0.2, 0) is 14.3 Å². The first-order valence-corrected chi connectivity index (χ1v) is 14.3. The molecule has 5 aliphatic rings. The number of ketones is 1. The van der Waals surface area contributed by atoms with Gasteiger partial charge in [-0.05, 0) is 99.9 Å². The molecule has 0 bridgehead atoms. The molecule has 4 saturated carbocycles. The molecule has 5 rings (SSSR count). The third-order valence-electron chi connectivity index (χ3n) is 11.4. The van der Waals surface area contributed by atoms with Gasteiger partial charge in [0.25, 0.3) is 0 Å². The van der Waals surface area contributed by atoms with Gasteiger partial charge in [0.15, 0.2) is 5.78 Å². The molecule has 0 heterocycles. The highest BCUT2D eigenvalue weighted by Gasteiger charge is 2.65. The Morgan fingerprint density at radius 3 is 2.48 bits per heavy atom. The standard InChI is InChI=1S/C30H46O3/c1-4-5-16-30(33-27(32)21-9-7-6-8-10-21)19-15-26-24-12-11-22-20-23(31)13-17-28(22,2)25(24)14-18-29(26,30)3/h20-21,24-26H,4-19H2,1-3H3/t24-,25+,26+,28+,29+,30+/m1/s1. The van der Waals surface area contributed by atoms with E-state index in [-0.39, 0.29) is 28.3 Å². The van der Waals surface area contributed by atoms with Gasteiger partial charge in [0.05, 0.1) is 5.92 Å². The van der Waals surface area contributed by atoms with Gasteiger partial charge in [0.2, 0.25) is 0 Å². The van der Waals surface area contributed by atoms with Crippen LogP contribution in [0.4, 0.5) is 0 Å². The molecule has 0 saturated heterocycles. The Hall–Kier alpha value is -1.12. The van der Waals surface area contributed by atoms with E-state index in [2.05, 4.69) is 20.8 Å². The minimum absolute atomic E-state index is 0.107. The number of hydrogen-bond acceptors (Lipinski definition) is 3. The van der Waals surface area contributed by atoms with Crippen LogP contribution in [0.2, 0.25) is 0 Å². The van der Waals surface area contributed by atoms with Gasteiger partial charge >= 0.3 is 5.97 Å². The number of esters is 1. The first-order chi connectivity index (χ1) is 15.8. The fraction of sp³-hybridized carbons (Fsp3) is 0.867. The van der Waals surface area contributed by atoms with E-state index >= 15 is 0 Å². The van der Waals surface area contributed by atoms with E-state index < -0.39 is 0 Å². The van der Waals surface area contributed by atoms with Crippen LogP contribution < -0.4 is 0 Å². The number of unbranched alkanes of at least 4 members (excludes halogenated alkanes) is 1. The third-order valence-corrected chi connectivity index (χ3v) is 11.4. The Balaban J connectivity index is 1.41. The third kappa shape index (κ3) is 3.75. The summed E-state index contributed by atoms with van der Waals surface area (Å²) in [4.78, 5) is 25.6. The van der Waals surface area contributed by atoms with Crippen molar-refractivity contribution in [3.8, 4) is 0 Å². The van der Waals surface area contributed by atoms with E-state index in [1.54, 1.807) is 0 Å². The number of ether oxygens (including phenoxy) is 1. The van der Waals surface area contributed by atoms with Crippen LogP contribution in [0.15, 0.2) is 11.6 Å². The van der Waals surface area contributed by atoms with Crippen LogP contribution in [0, 0.1) is 34.5 Å². The van der Waals surface area contributed by atoms with Crippen LogP contribution >= 0.6 is 0 Å². The maximum Gasteiger partial charge on any atom is 0.309 e. The van der Waals surface area contributed by atoms with E-state index in [0.29, 0.717) is 17.6 Å². The molecule has 33 heavy (non-hydrogen) atoms. The zero-order valence-electron chi connectivity index (χ0n) is 21.4. The van der Waals surface area contributed by atoms with E-state index in [1.807, 2.05) is 6.08 Å². The lowest BCUT2D eigenvalue weighted by molar-refractivity contribution is -0.192. The maximum absolute atomic E-state index is 13.4. The van der Waals surface area contributed by atoms with Crippen molar-refractivity contribution in [1.82, 2.24) is 0 Å². The lowest BCUT2D eigenvalue weighted by atomic mass is 9.46. The summed E-state index contributed by atoms with van der Waals surface area (Å²) >= 11 is 0. The second kappa shape index (κ2) is 8.83. The average molecular weight is 455 g/mol. The fourth-order valence-electron chi connectivity index (χ4n) is 9.36. The van der Waals surface area contributed by atoms with Gasteiger partial charge in [0, 0.05) is 11.8 Å². The minimum atomic E-state index is -0.257. The first-order valence-electron chi connectivity index (χ1n) is 14.3. The smallest absolute Gasteiger partial charge is 0.309 e. The highest BCUT2D eigenvalue weighted by atomic mass is 16.6. The molecular weight excluding hydrogens is 408 g/mol. The number of allylic oxidation sites excluding steroid dienone is 1. The van der Waals surface area contributed by atoms with Crippen molar-refractivity contribution in [2.45, 2.75) is 129 Å². The van der Waals surface area contributed by atoms with Crippen LogP contribution in [0.5, 0.6) is 0 Å². The molecule has 3 heteroatoms. The van der Waals surface area contributed by atoms with Crippen molar-refractivity contribution in [2.75, 3.05) is 0 Å². The van der Waals surface area contributed by atoms with Crippen molar-refractivity contribution in [3.63, 3.8) is 0 Å². The van der Waals surface area contributed by atoms with Gasteiger partial charge in [-0.2, -0.15) is 0 Å². The predicted molar refractivity (Wildman–Crippen MR) is 132 cm³/mol. The molecule has 0 aromatic heterocycles. The number of rotatable bonds is 5. The normalized spacial score (nSPS) is 43.3. The molecule has 4 fully saturated rings. The van der Waals surface area contributed by atoms with Crippen molar-refractivity contribution in [3.05, 3.63) is 11.6 Å². The monoisotopic (exact) mass is 454 g/mol. The van der Waals surface area contributed by atoms with Gasteiger partial charge in [-0.3, -0.25) is 9.59 Å². The molecule has 0 aromatic rings. The zero-order valence-corrected chi connectivity index (χ0v) is 21.4. The Labute approximate surface area is 201 Å². The summed E-state index contributed by atoms with van der Waals surface area (Å²) < 4.78 is 6.74. The second-order valence-electron chi connectivity index (χ2n) is 12.8. The summed E-state index contributed by atoms with van der Waals surface area (Å²) in [6.07, 6.45) is 19.8. The van der Waals surface area contributed by atoms with Gasteiger partial charge < -0.3 is 4.74 Å². The summed E-state index contributed by atoms with van der Waals surface area (Å²) in [7, 11) is 0. The van der Waals surface area contributed by atoms with Crippen LogP contribution in [0.1, 0.15) is 124 Å². The van der Waals surface area contributed by atoms with E-state index in [0.717, 1.165) is 63.7 Å². The summed E-state index contributed by atoms with van der Waals surface area (Å²) in [6, 6.07) is 0. The lowest BCUT2D eigenvalue weighted by Crippen LogP contribution is -2.56. The van der Waals surface area contributed by atoms with E-state index in [9.17, 15) is 9.59 Å². The van der Waals surface area contributed by atoms with Gasteiger partial charge in [-0.1, -0.05) is 52.0 Å². The topological polar surface area (TPSA) is 43.4 Å². The Bertz CT molecular complexity index is 807. The van der Waals surface area contributed by atoms with Crippen LogP contribution in [0.3, 0.4) is 0 Å². The van der Waals surface area contributed by atoms with Crippen molar-refractivity contribution >= 4 is 11.8 Å². The molecular formula is C30H46O3. The molecule has 5 aliphatic carbocycles. The molecule has 0 amide bonds. The summed E-state index contributed by atoms with van der Waals surface area (Å²) in [5.74, 6) is 2.67. The van der Waals surface area contributed by atoms with Crippen molar-refractivity contribution in [2.24, 2.45) is 34.5 Å². The molecule has 3 nitrogen and oxygen atoms in total. The Morgan fingerprint density at radius 1 is 0.970 bits per heavy atom. The van der Waals surface area contributed by atoms with Gasteiger partial charge in [-0.25, -0.2) is 0 Å². The largest absolute Gasteiger partial charge is 0.458 e. The highest BCUT2D eigenvalue weighted by molar-refractivity contribution is 5.91. The molecule has 0 aromatic carbocycles. The van der Waals surface area contributed by atoms with Crippen LogP contribution in [0.25, 0.3) is 0 Å². The highest BCUT2D eigenvalue weighted by Crippen LogP contribution is 2.69. The summed E-state index contributed by atoms with van der Waals surface area (Å²) in [5.41, 5.74) is 1.51. The minimum Gasteiger partial charge on any atom is -0.458 e. The second-order valence-corrected chi connectivity index (χ2v) is 12.8. The molecule has 0 aliphatic heterocycles. The molecule has 0 spiro atoms. The van der Waals surface area contributed by atoms with Crippen molar-refractivity contribution in [1.29, 1.82) is 0 Å². The van der Waals surface area contributed by atoms with Crippen molar-refractivity contribution < 1.29 is 14.3 Å². The molecule has 0 N–H and O–H groups in total. The lowest BCUT2D eigenvalue weighted by Gasteiger charge is -2.59.